The molecule has 0 unspecified atom stereocenters. The van der Waals surface area contributed by atoms with Crippen molar-refractivity contribution in [3.63, 3.8) is 0 Å². The first-order valence-electron chi connectivity index (χ1n) is 8.22. The molecular formula is C19H20FN5O. The van der Waals surface area contributed by atoms with Crippen LogP contribution >= 0.6 is 0 Å². The Morgan fingerprint density at radius 3 is 2.73 bits per heavy atom. The summed E-state index contributed by atoms with van der Waals surface area (Å²) >= 11 is 0. The molecule has 26 heavy (non-hydrogen) atoms. The monoisotopic (exact) mass is 353 g/mol. The summed E-state index contributed by atoms with van der Waals surface area (Å²) in [5.41, 5.74) is 1.92. The van der Waals surface area contributed by atoms with Crippen molar-refractivity contribution in [3.05, 3.63) is 77.9 Å². The highest BCUT2D eigenvalue weighted by Gasteiger charge is 2.11. The lowest BCUT2D eigenvalue weighted by atomic mass is 10.2. The molecule has 7 heteroatoms. The van der Waals surface area contributed by atoms with Gasteiger partial charge >= 0.3 is 6.03 Å². The first kappa shape index (κ1) is 17.6. The number of nitrogens with one attached hydrogen (secondary N) is 1. The summed E-state index contributed by atoms with van der Waals surface area (Å²) in [6.07, 6.45) is 5.02. The van der Waals surface area contributed by atoms with Crippen LogP contribution in [0.4, 0.5) is 9.18 Å². The molecule has 0 bridgehead atoms. The molecule has 0 atom stereocenters. The van der Waals surface area contributed by atoms with Gasteiger partial charge in [-0.2, -0.15) is 0 Å². The van der Waals surface area contributed by atoms with Gasteiger partial charge in [-0.05, 0) is 36.8 Å². The average molecular weight is 353 g/mol. The van der Waals surface area contributed by atoms with Gasteiger partial charge in [-0.25, -0.2) is 14.2 Å². The van der Waals surface area contributed by atoms with Crippen molar-refractivity contribution >= 4 is 6.03 Å². The van der Waals surface area contributed by atoms with Crippen LogP contribution in [-0.4, -0.2) is 32.5 Å². The molecule has 0 saturated heterocycles. The third-order valence-electron chi connectivity index (χ3n) is 4.01. The maximum Gasteiger partial charge on any atom is 0.317 e. The van der Waals surface area contributed by atoms with Crippen LogP contribution in [0.1, 0.15) is 17.1 Å². The first-order valence-corrected chi connectivity index (χ1v) is 8.22. The molecule has 2 amide bonds. The van der Waals surface area contributed by atoms with Gasteiger partial charge in [0.2, 0.25) is 0 Å². The normalized spacial score (nSPS) is 10.6. The zero-order valence-corrected chi connectivity index (χ0v) is 14.7. The number of halogens is 1. The van der Waals surface area contributed by atoms with Crippen LogP contribution in [0.5, 0.6) is 0 Å². The van der Waals surface area contributed by atoms with Crippen molar-refractivity contribution in [1.82, 2.24) is 24.8 Å². The largest absolute Gasteiger partial charge is 0.334 e. The molecule has 1 N–H and O–H groups in total. The Hall–Kier alpha value is -3.22. The van der Waals surface area contributed by atoms with Crippen molar-refractivity contribution in [1.29, 1.82) is 0 Å². The number of carbonyl (C=O) groups is 1. The number of urea groups is 1. The quantitative estimate of drug-likeness (QED) is 0.767. The fourth-order valence-corrected chi connectivity index (χ4v) is 2.61. The highest BCUT2D eigenvalue weighted by atomic mass is 19.1. The number of aryl methyl sites for hydroxylation is 1. The summed E-state index contributed by atoms with van der Waals surface area (Å²) in [4.78, 5) is 22.0. The molecule has 2 aromatic heterocycles. The van der Waals surface area contributed by atoms with E-state index >= 15 is 0 Å². The number of carbonyl (C=O) groups excluding carboxylic acids is 1. The average Bonchev–Trinajstić information content (AvgIpc) is 3.06. The van der Waals surface area contributed by atoms with Gasteiger partial charge in [0.15, 0.2) is 0 Å². The van der Waals surface area contributed by atoms with E-state index in [9.17, 15) is 9.18 Å². The van der Waals surface area contributed by atoms with Gasteiger partial charge in [-0.3, -0.25) is 4.98 Å². The maximum atomic E-state index is 14.4. The molecule has 0 aliphatic rings. The molecule has 0 aliphatic heterocycles. The lowest BCUT2D eigenvalue weighted by Crippen LogP contribution is -2.36. The molecule has 3 aromatic rings. The van der Waals surface area contributed by atoms with Crippen LogP contribution in [0.25, 0.3) is 5.69 Å². The van der Waals surface area contributed by atoms with Gasteiger partial charge in [-0.15, -0.1) is 0 Å². The third-order valence-corrected chi connectivity index (χ3v) is 4.01. The van der Waals surface area contributed by atoms with Gasteiger partial charge in [0.1, 0.15) is 11.6 Å². The van der Waals surface area contributed by atoms with Gasteiger partial charge < -0.3 is 14.8 Å². The first-order chi connectivity index (χ1) is 12.5. The van der Waals surface area contributed by atoms with Crippen LogP contribution in [-0.2, 0) is 13.1 Å². The second-order valence-electron chi connectivity index (χ2n) is 5.97. The Labute approximate surface area is 151 Å². The van der Waals surface area contributed by atoms with Gasteiger partial charge in [0.25, 0.3) is 0 Å². The van der Waals surface area contributed by atoms with E-state index in [2.05, 4.69) is 15.3 Å². The Kier molecular flexibility index (Phi) is 5.26. The smallest absolute Gasteiger partial charge is 0.317 e. The molecule has 0 saturated carbocycles. The van der Waals surface area contributed by atoms with E-state index in [0.29, 0.717) is 23.6 Å². The Morgan fingerprint density at radius 1 is 1.23 bits per heavy atom. The number of pyridine rings is 1. The summed E-state index contributed by atoms with van der Waals surface area (Å²) in [7, 11) is 1.69. The zero-order valence-electron chi connectivity index (χ0n) is 14.7. The number of aromatic nitrogens is 3. The van der Waals surface area contributed by atoms with Crippen LogP contribution in [0.2, 0.25) is 0 Å². The van der Waals surface area contributed by atoms with Crippen molar-refractivity contribution in [2.45, 2.75) is 20.0 Å². The Bertz CT molecular complexity index is 894. The molecular weight excluding hydrogens is 333 g/mol. The highest BCUT2D eigenvalue weighted by Crippen LogP contribution is 2.16. The van der Waals surface area contributed by atoms with E-state index in [4.69, 9.17) is 0 Å². The van der Waals surface area contributed by atoms with Crippen molar-refractivity contribution in [2.75, 3.05) is 7.05 Å². The molecule has 0 spiro atoms. The highest BCUT2D eigenvalue weighted by molar-refractivity contribution is 5.73. The lowest BCUT2D eigenvalue weighted by Gasteiger charge is -2.17. The molecule has 134 valence electrons. The molecule has 0 radical (unpaired) electrons. The molecule has 1 aromatic carbocycles. The summed E-state index contributed by atoms with van der Waals surface area (Å²) in [6, 6.07) is 10.2. The van der Waals surface area contributed by atoms with E-state index in [0.717, 1.165) is 5.69 Å². The minimum atomic E-state index is -0.361. The van der Waals surface area contributed by atoms with E-state index in [1.54, 1.807) is 42.3 Å². The van der Waals surface area contributed by atoms with Gasteiger partial charge in [-0.1, -0.05) is 12.1 Å². The predicted octanol–water partition coefficient (Wildman–Crippen LogP) is 3.06. The standard InChI is InChI=1S/C19H20FN5O/c1-14-21-9-10-25(14)18-7-6-15(11-17(18)20)12-23-19(26)24(2)13-16-5-3-4-8-22-16/h3-11H,12-13H2,1-2H3,(H,23,26). The van der Waals surface area contributed by atoms with Crippen LogP contribution in [0.15, 0.2) is 55.0 Å². The van der Waals surface area contributed by atoms with Crippen molar-refractivity contribution in [3.8, 4) is 5.69 Å². The van der Waals surface area contributed by atoms with Crippen LogP contribution in [0.3, 0.4) is 0 Å². The fourth-order valence-electron chi connectivity index (χ4n) is 2.61. The van der Waals surface area contributed by atoms with Gasteiger partial charge in [0, 0.05) is 32.2 Å². The topological polar surface area (TPSA) is 63.1 Å². The van der Waals surface area contributed by atoms with E-state index in [1.807, 2.05) is 25.1 Å². The summed E-state index contributed by atoms with van der Waals surface area (Å²) in [6.45, 7) is 2.45. The van der Waals surface area contributed by atoms with Crippen molar-refractivity contribution in [2.24, 2.45) is 0 Å². The number of nitrogens with zero attached hydrogens (tertiary/aromatic N) is 4. The molecule has 0 fully saturated rings. The van der Waals surface area contributed by atoms with Gasteiger partial charge in [0.05, 0.1) is 17.9 Å². The van der Waals surface area contributed by atoms with Crippen LogP contribution in [0, 0.1) is 12.7 Å². The summed E-state index contributed by atoms with van der Waals surface area (Å²) in [5.74, 6) is 0.348. The molecule has 2 heterocycles. The second-order valence-corrected chi connectivity index (χ2v) is 5.97. The maximum absolute atomic E-state index is 14.4. The number of rotatable bonds is 5. The number of benzene rings is 1. The summed E-state index contributed by atoms with van der Waals surface area (Å²) in [5, 5.41) is 2.79. The van der Waals surface area contributed by atoms with E-state index < -0.39 is 0 Å². The summed E-state index contributed by atoms with van der Waals surface area (Å²) < 4.78 is 16.1. The molecule has 0 aliphatic carbocycles. The number of amides is 2. The predicted molar refractivity (Wildman–Crippen MR) is 96.2 cm³/mol. The van der Waals surface area contributed by atoms with Crippen LogP contribution < -0.4 is 5.32 Å². The minimum absolute atomic E-state index is 0.242. The lowest BCUT2D eigenvalue weighted by molar-refractivity contribution is 0.206. The van der Waals surface area contributed by atoms with Crippen molar-refractivity contribution < 1.29 is 9.18 Å². The van der Waals surface area contributed by atoms with E-state index in [1.165, 1.54) is 11.0 Å². The SMILES string of the molecule is Cc1nccn1-c1ccc(CNC(=O)N(C)Cc2ccccn2)cc1F. The third kappa shape index (κ3) is 4.05. The zero-order chi connectivity index (χ0) is 18.5. The minimum Gasteiger partial charge on any atom is -0.334 e. The number of hydrogen-bond acceptors (Lipinski definition) is 3. The molecule has 6 nitrogen and oxygen atoms in total. The second kappa shape index (κ2) is 7.77. The number of hydrogen-bond donors (Lipinski definition) is 1. The van der Waals surface area contributed by atoms with E-state index in [-0.39, 0.29) is 18.4 Å². The molecule has 3 rings (SSSR count). The number of imidazole rings is 1. The Balaban J connectivity index is 1.60. The Morgan fingerprint density at radius 2 is 2.08 bits per heavy atom. The fraction of sp³-hybridized carbons (Fsp3) is 0.211.